The van der Waals surface area contributed by atoms with Crippen LogP contribution in [-0.4, -0.2) is 38.0 Å². The smallest absolute Gasteiger partial charge is 0.236 e. The number of hydrogen-bond donors (Lipinski definition) is 1. The predicted molar refractivity (Wildman–Crippen MR) is 137 cm³/mol. The maximum atomic E-state index is 12.7. The van der Waals surface area contributed by atoms with E-state index in [0.29, 0.717) is 28.5 Å². The molecule has 0 atom stereocenters. The molecule has 5 rings (SSSR count). The zero-order chi connectivity index (χ0) is 24.0. The second-order valence-corrected chi connectivity index (χ2v) is 9.09. The van der Waals surface area contributed by atoms with Crippen molar-refractivity contribution in [3.05, 3.63) is 78.4 Å². The first kappa shape index (κ1) is 22.9. The summed E-state index contributed by atoms with van der Waals surface area (Å²) in [7, 11) is 0. The van der Waals surface area contributed by atoms with E-state index in [1.807, 2.05) is 77.5 Å². The molecular formula is C25H21N5O3S2. The molecule has 8 nitrogen and oxygen atoms in total. The molecule has 0 bridgehead atoms. The van der Waals surface area contributed by atoms with Crippen LogP contribution in [0.5, 0.6) is 5.75 Å². The summed E-state index contributed by atoms with van der Waals surface area (Å²) in [4.78, 5) is 17.2. The third-order valence-electron chi connectivity index (χ3n) is 4.93. The minimum absolute atomic E-state index is 0.154. The van der Waals surface area contributed by atoms with Gasteiger partial charge in [0, 0.05) is 16.6 Å². The number of thiazole rings is 1. The number of carbonyl (C=O) groups is 1. The summed E-state index contributed by atoms with van der Waals surface area (Å²) in [6, 6.07) is 21.1. The maximum Gasteiger partial charge on any atom is 0.236 e. The van der Waals surface area contributed by atoms with Crippen LogP contribution in [0.4, 0.5) is 5.13 Å². The van der Waals surface area contributed by atoms with Gasteiger partial charge in [0.1, 0.15) is 5.75 Å². The summed E-state index contributed by atoms with van der Waals surface area (Å²) in [6.07, 6.45) is 1.59. The molecule has 1 N–H and O–H groups in total. The molecule has 0 unspecified atom stereocenters. The number of furan rings is 1. The van der Waals surface area contributed by atoms with Crippen LogP contribution in [0.15, 0.2) is 87.9 Å². The first-order valence-corrected chi connectivity index (χ1v) is 12.7. The van der Waals surface area contributed by atoms with Crippen LogP contribution in [0.3, 0.4) is 0 Å². The molecule has 0 aliphatic carbocycles. The van der Waals surface area contributed by atoms with Crippen molar-refractivity contribution in [3.63, 3.8) is 0 Å². The van der Waals surface area contributed by atoms with Crippen molar-refractivity contribution in [1.29, 1.82) is 0 Å². The lowest BCUT2D eigenvalue weighted by Gasteiger charge is -2.08. The van der Waals surface area contributed by atoms with E-state index in [-0.39, 0.29) is 11.7 Å². The summed E-state index contributed by atoms with van der Waals surface area (Å²) in [5, 5.41) is 14.5. The maximum absolute atomic E-state index is 12.7. The molecular weight excluding hydrogens is 482 g/mol. The number of benzene rings is 2. The average molecular weight is 504 g/mol. The number of aromatic nitrogens is 4. The summed E-state index contributed by atoms with van der Waals surface area (Å²) < 4.78 is 12.9. The number of nitrogens with one attached hydrogen (secondary N) is 1. The van der Waals surface area contributed by atoms with E-state index in [9.17, 15) is 4.79 Å². The van der Waals surface area contributed by atoms with E-state index in [0.717, 1.165) is 22.7 Å². The Kier molecular flexibility index (Phi) is 6.92. The highest BCUT2D eigenvalue weighted by molar-refractivity contribution is 7.99. The highest BCUT2D eigenvalue weighted by Crippen LogP contribution is 2.29. The minimum atomic E-state index is -0.176. The first-order valence-electron chi connectivity index (χ1n) is 10.9. The molecule has 3 heterocycles. The normalized spacial score (nSPS) is 10.9. The average Bonchev–Trinajstić information content (AvgIpc) is 3.65. The van der Waals surface area contributed by atoms with Crippen LogP contribution in [0.1, 0.15) is 6.92 Å². The van der Waals surface area contributed by atoms with Crippen molar-refractivity contribution < 1.29 is 13.9 Å². The van der Waals surface area contributed by atoms with Gasteiger partial charge >= 0.3 is 0 Å². The standard InChI is InChI=1S/C25H21N5O3S2/c1-2-32-19-12-10-17(11-13-19)20-15-34-24(26-20)27-22(31)16-35-25-29-28-23(21-9-6-14-33-21)30(25)18-7-4-3-5-8-18/h3-15H,2,16H2,1H3,(H,26,27,31). The number of para-hydroxylation sites is 1. The fourth-order valence-electron chi connectivity index (χ4n) is 3.38. The molecule has 0 radical (unpaired) electrons. The van der Waals surface area contributed by atoms with E-state index in [4.69, 9.17) is 9.15 Å². The van der Waals surface area contributed by atoms with Gasteiger partial charge < -0.3 is 14.5 Å². The van der Waals surface area contributed by atoms with Crippen molar-refractivity contribution in [2.24, 2.45) is 0 Å². The summed E-state index contributed by atoms with van der Waals surface area (Å²) in [5.41, 5.74) is 2.64. The third-order valence-corrected chi connectivity index (χ3v) is 6.62. The van der Waals surface area contributed by atoms with Gasteiger partial charge in [-0.2, -0.15) is 0 Å². The topological polar surface area (TPSA) is 95.1 Å². The molecule has 0 saturated carbocycles. The Morgan fingerprint density at radius 2 is 1.91 bits per heavy atom. The highest BCUT2D eigenvalue weighted by atomic mass is 32.2. The third kappa shape index (κ3) is 5.28. The molecule has 10 heteroatoms. The summed E-state index contributed by atoms with van der Waals surface area (Å²) >= 11 is 2.68. The molecule has 0 aliphatic rings. The number of anilines is 1. The van der Waals surface area contributed by atoms with Gasteiger partial charge in [0.25, 0.3) is 0 Å². The van der Waals surface area contributed by atoms with Crippen molar-refractivity contribution in [3.8, 4) is 34.3 Å². The Labute approximate surface area is 210 Å². The Bertz CT molecular complexity index is 1400. The monoisotopic (exact) mass is 503 g/mol. The van der Waals surface area contributed by atoms with Gasteiger partial charge in [-0.3, -0.25) is 9.36 Å². The van der Waals surface area contributed by atoms with Crippen LogP contribution in [0, 0.1) is 0 Å². The number of nitrogens with zero attached hydrogens (tertiary/aromatic N) is 4. The van der Waals surface area contributed by atoms with Crippen molar-refractivity contribution in [2.45, 2.75) is 12.1 Å². The van der Waals surface area contributed by atoms with E-state index in [1.165, 1.54) is 23.1 Å². The lowest BCUT2D eigenvalue weighted by atomic mass is 10.2. The number of hydrogen-bond acceptors (Lipinski definition) is 8. The number of carbonyl (C=O) groups excluding carboxylic acids is 1. The lowest BCUT2D eigenvalue weighted by Crippen LogP contribution is -2.14. The Hall–Kier alpha value is -3.89. The Morgan fingerprint density at radius 1 is 1.09 bits per heavy atom. The number of amides is 1. The predicted octanol–water partition coefficient (Wildman–Crippen LogP) is 5.78. The van der Waals surface area contributed by atoms with Crippen LogP contribution in [0.2, 0.25) is 0 Å². The molecule has 35 heavy (non-hydrogen) atoms. The van der Waals surface area contributed by atoms with Gasteiger partial charge in [-0.1, -0.05) is 30.0 Å². The van der Waals surface area contributed by atoms with Gasteiger partial charge in [0.05, 0.1) is 24.3 Å². The zero-order valence-electron chi connectivity index (χ0n) is 18.7. The molecule has 5 aromatic rings. The SMILES string of the molecule is CCOc1ccc(-c2csc(NC(=O)CSc3nnc(-c4ccco4)n3-c3ccccc3)n2)cc1. The molecule has 0 aliphatic heterocycles. The molecule has 0 saturated heterocycles. The fourth-order valence-corrected chi connectivity index (χ4v) is 4.86. The molecule has 176 valence electrons. The van der Waals surface area contributed by atoms with Crippen LogP contribution < -0.4 is 10.1 Å². The van der Waals surface area contributed by atoms with Gasteiger partial charge in [0.15, 0.2) is 16.0 Å². The van der Waals surface area contributed by atoms with Gasteiger partial charge in [-0.15, -0.1) is 21.5 Å². The van der Waals surface area contributed by atoms with E-state index < -0.39 is 0 Å². The van der Waals surface area contributed by atoms with Gasteiger partial charge in [-0.25, -0.2) is 4.98 Å². The van der Waals surface area contributed by atoms with Crippen LogP contribution >= 0.6 is 23.1 Å². The second kappa shape index (κ2) is 10.6. The molecule has 0 fully saturated rings. The minimum Gasteiger partial charge on any atom is -0.494 e. The zero-order valence-corrected chi connectivity index (χ0v) is 20.4. The quantitative estimate of drug-likeness (QED) is 0.255. The van der Waals surface area contributed by atoms with Crippen LogP contribution in [0.25, 0.3) is 28.5 Å². The summed E-state index contributed by atoms with van der Waals surface area (Å²) in [5.74, 6) is 1.97. The van der Waals surface area contributed by atoms with E-state index >= 15 is 0 Å². The van der Waals surface area contributed by atoms with Crippen molar-refractivity contribution in [1.82, 2.24) is 19.7 Å². The molecule has 1 amide bonds. The Balaban J connectivity index is 1.27. The van der Waals surface area contributed by atoms with Gasteiger partial charge in [0.2, 0.25) is 11.7 Å². The largest absolute Gasteiger partial charge is 0.494 e. The van der Waals surface area contributed by atoms with Crippen molar-refractivity contribution >= 4 is 34.1 Å². The second-order valence-electron chi connectivity index (χ2n) is 7.29. The number of thioether (sulfide) groups is 1. The molecule has 3 aromatic heterocycles. The van der Waals surface area contributed by atoms with Crippen LogP contribution in [-0.2, 0) is 4.79 Å². The molecule has 0 spiro atoms. The Morgan fingerprint density at radius 3 is 2.66 bits per heavy atom. The van der Waals surface area contributed by atoms with Crippen molar-refractivity contribution in [2.75, 3.05) is 17.7 Å². The fraction of sp³-hybridized carbons (Fsp3) is 0.120. The lowest BCUT2D eigenvalue weighted by molar-refractivity contribution is -0.113. The summed E-state index contributed by atoms with van der Waals surface area (Å²) in [6.45, 7) is 2.57. The van der Waals surface area contributed by atoms with E-state index in [2.05, 4.69) is 20.5 Å². The van der Waals surface area contributed by atoms with Gasteiger partial charge in [-0.05, 0) is 55.5 Å². The number of rotatable bonds is 9. The van der Waals surface area contributed by atoms with E-state index in [1.54, 1.807) is 12.3 Å². The molecule has 2 aromatic carbocycles. The highest BCUT2D eigenvalue weighted by Gasteiger charge is 2.19. The first-order chi connectivity index (χ1) is 17.2. The number of ether oxygens (including phenoxy) is 1.